The summed E-state index contributed by atoms with van der Waals surface area (Å²) in [6, 6.07) is 3.57. The molecule has 1 aromatic heterocycles. The molecule has 19 heavy (non-hydrogen) atoms. The average molecular weight is 270 g/mol. The highest BCUT2D eigenvalue weighted by Crippen LogP contribution is 2.41. The number of anilines is 1. The van der Waals surface area contributed by atoms with Crippen molar-refractivity contribution in [3.8, 4) is 0 Å². The van der Waals surface area contributed by atoms with Crippen LogP contribution in [0.25, 0.3) is 0 Å². The van der Waals surface area contributed by atoms with Crippen LogP contribution in [0.15, 0.2) is 18.3 Å². The molecule has 3 rings (SSSR count). The molecule has 0 amide bonds. The normalized spacial score (nSPS) is 30.7. The van der Waals surface area contributed by atoms with Gasteiger partial charge in [0.2, 0.25) is 0 Å². The monoisotopic (exact) mass is 270 g/mol. The third-order valence-electron chi connectivity index (χ3n) is 4.31. The van der Waals surface area contributed by atoms with Crippen LogP contribution in [-0.2, 0) is 6.18 Å². The van der Waals surface area contributed by atoms with Crippen molar-refractivity contribution in [2.24, 2.45) is 5.92 Å². The van der Waals surface area contributed by atoms with Gasteiger partial charge in [0.1, 0.15) is 5.82 Å². The van der Waals surface area contributed by atoms with Crippen molar-refractivity contribution >= 4 is 5.82 Å². The Morgan fingerprint density at radius 1 is 1.16 bits per heavy atom. The molecule has 0 aromatic carbocycles. The van der Waals surface area contributed by atoms with Gasteiger partial charge >= 0.3 is 6.18 Å². The predicted octanol–water partition coefficient (Wildman–Crippen LogP) is 3.87. The number of aromatic nitrogens is 1. The molecule has 2 aliphatic heterocycles. The zero-order valence-electron chi connectivity index (χ0n) is 10.8. The number of hydrogen-bond donors (Lipinski definition) is 0. The molecule has 0 radical (unpaired) electrons. The molecule has 3 atom stereocenters. The molecule has 2 nitrogen and oxygen atoms in total. The van der Waals surface area contributed by atoms with Gasteiger partial charge in [0.05, 0.1) is 5.56 Å². The lowest BCUT2D eigenvalue weighted by atomic mass is 9.92. The Balaban J connectivity index is 1.84. The van der Waals surface area contributed by atoms with Gasteiger partial charge < -0.3 is 4.90 Å². The van der Waals surface area contributed by atoms with E-state index in [1.54, 1.807) is 0 Å². The lowest BCUT2D eigenvalue weighted by Crippen LogP contribution is -2.42. The molecule has 0 N–H and O–H groups in total. The standard InChI is InChI=1S/C14H17F3N2/c1-9-6-11-3-4-12(7-9)19(11)13-5-2-10(8-18-13)14(15,16)17/h2,5,8-9,11-12H,3-4,6-7H2,1H3/t9-,11+,12-. The van der Waals surface area contributed by atoms with E-state index in [2.05, 4.69) is 16.8 Å². The van der Waals surface area contributed by atoms with Gasteiger partial charge in [0.15, 0.2) is 0 Å². The maximum atomic E-state index is 12.5. The summed E-state index contributed by atoms with van der Waals surface area (Å²) in [5.74, 6) is 1.41. The minimum Gasteiger partial charge on any atom is -0.351 e. The number of fused-ring (bicyclic) bond motifs is 2. The summed E-state index contributed by atoms with van der Waals surface area (Å²) in [6.45, 7) is 2.25. The molecular formula is C14H17F3N2. The second kappa shape index (κ2) is 4.39. The van der Waals surface area contributed by atoms with Crippen LogP contribution >= 0.6 is 0 Å². The Kier molecular flexibility index (Phi) is 2.95. The number of piperidine rings is 1. The minimum absolute atomic E-state index is 0.456. The predicted molar refractivity (Wildman–Crippen MR) is 66.9 cm³/mol. The summed E-state index contributed by atoms with van der Waals surface area (Å²) in [6.07, 6.45) is 1.17. The van der Waals surface area contributed by atoms with Gasteiger partial charge in [0.25, 0.3) is 0 Å². The maximum Gasteiger partial charge on any atom is 0.417 e. The van der Waals surface area contributed by atoms with E-state index in [4.69, 9.17) is 0 Å². The van der Waals surface area contributed by atoms with Gasteiger partial charge in [-0.05, 0) is 43.7 Å². The zero-order chi connectivity index (χ0) is 13.6. The average Bonchev–Trinajstić information content (AvgIpc) is 2.61. The summed E-state index contributed by atoms with van der Waals surface area (Å²) in [5, 5.41) is 0. The van der Waals surface area contributed by atoms with Crippen LogP contribution in [0.5, 0.6) is 0 Å². The van der Waals surface area contributed by atoms with E-state index in [1.807, 2.05) is 0 Å². The molecule has 0 saturated carbocycles. The topological polar surface area (TPSA) is 16.1 Å². The Hall–Kier alpha value is -1.26. The summed E-state index contributed by atoms with van der Waals surface area (Å²) in [4.78, 5) is 6.28. The lowest BCUT2D eigenvalue weighted by molar-refractivity contribution is -0.137. The number of hydrogen-bond acceptors (Lipinski definition) is 2. The van der Waals surface area contributed by atoms with Crippen molar-refractivity contribution in [3.63, 3.8) is 0 Å². The van der Waals surface area contributed by atoms with Crippen molar-refractivity contribution in [2.75, 3.05) is 4.90 Å². The molecule has 104 valence electrons. The van der Waals surface area contributed by atoms with Crippen LogP contribution in [0.1, 0.15) is 38.2 Å². The van der Waals surface area contributed by atoms with Crippen LogP contribution < -0.4 is 4.90 Å². The Labute approximate surface area is 110 Å². The largest absolute Gasteiger partial charge is 0.417 e. The number of pyridine rings is 1. The van der Waals surface area contributed by atoms with Crippen molar-refractivity contribution in [2.45, 2.75) is 50.9 Å². The highest BCUT2D eigenvalue weighted by Gasteiger charge is 2.40. The van der Waals surface area contributed by atoms with Crippen LogP contribution in [-0.4, -0.2) is 17.1 Å². The zero-order valence-corrected chi connectivity index (χ0v) is 10.8. The number of rotatable bonds is 1. The second-order valence-electron chi connectivity index (χ2n) is 5.77. The van der Waals surface area contributed by atoms with E-state index in [0.717, 1.165) is 37.9 Å². The quantitative estimate of drug-likeness (QED) is 0.770. The first-order valence-corrected chi connectivity index (χ1v) is 6.76. The van der Waals surface area contributed by atoms with Gasteiger partial charge in [-0.2, -0.15) is 13.2 Å². The smallest absolute Gasteiger partial charge is 0.351 e. The highest BCUT2D eigenvalue weighted by atomic mass is 19.4. The summed E-state index contributed by atoms with van der Waals surface area (Å²) < 4.78 is 37.6. The molecule has 5 heteroatoms. The van der Waals surface area contributed by atoms with E-state index in [9.17, 15) is 13.2 Å². The van der Waals surface area contributed by atoms with Crippen molar-refractivity contribution in [1.82, 2.24) is 4.98 Å². The van der Waals surface area contributed by atoms with Crippen LogP contribution in [0.2, 0.25) is 0 Å². The summed E-state index contributed by atoms with van der Waals surface area (Å²) in [5.41, 5.74) is -0.672. The van der Waals surface area contributed by atoms with Crippen LogP contribution in [0.4, 0.5) is 19.0 Å². The molecule has 3 heterocycles. The number of halogens is 3. The molecule has 0 aliphatic carbocycles. The first-order chi connectivity index (χ1) is 8.95. The molecule has 2 bridgehead atoms. The minimum atomic E-state index is -4.30. The molecule has 0 unspecified atom stereocenters. The maximum absolute atomic E-state index is 12.5. The first-order valence-electron chi connectivity index (χ1n) is 6.76. The Morgan fingerprint density at radius 3 is 2.26 bits per heavy atom. The number of nitrogens with zero attached hydrogens (tertiary/aromatic N) is 2. The van der Waals surface area contributed by atoms with Crippen molar-refractivity contribution < 1.29 is 13.2 Å². The Morgan fingerprint density at radius 2 is 1.79 bits per heavy atom. The van der Waals surface area contributed by atoms with Gasteiger partial charge in [-0.25, -0.2) is 4.98 Å². The highest BCUT2D eigenvalue weighted by molar-refractivity contribution is 5.44. The molecule has 2 aliphatic rings. The molecular weight excluding hydrogens is 253 g/mol. The molecule has 2 fully saturated rings. The van der Waals surface area contributed by atoms with Gasteiger partial charge in [-0.15, -0.1) is 0 Å². The van der Waals surface area contributed by atoms with E-state index in [0.29, 0.717) is 23.8 Å². The van der Waals surface area contributed by atoms with Gasteiger partial charge in [0, 0.05) is 18.3 Å². The third kappa shape index (κ3) is 2.30. The fraction of sp³-hybridized carbons (Fsp3) is 0.643. The van der Waals surface area contributed by atoms with Gasteiger partial charge in [-0.1, -0.05) is 6.92 Å². The van der Waals surface area contributed by atoms with Crippen molar-refractivity contribution in [3.05, 3.63) is 23.9 Å². The first kappa shape index (κ1) is 12.8. The SMILES string of the molecule is C[C@H]1C[C@H]2CC[C@@H](C1)N2c1ccc(C(F)(F)F)cn1. The van der Waals surface area contributed by atoms with Crippen LogP contribution in [0.3, 0.4) is 0 Å². The van der Waals surface area contributed by atoms with E-state index in [-0.39, 0.29) is 0 Å². The number of alkyl halides is 3. The fourth-order valence-corrected chi connectivity index (χ4v) is 3.53. The van der Waals surface area contributed by atoms with Crippen molar-refractivity contribution in [1.29, 1.82) is 0 Å². The third-order valence-corrected chi connectivity index (χ3v) is 4.31. The summed E-state index contributed by atoms with van der Waals surface area (Å²) in [7, 11) is 0. The fourth-order valence-electron chi connectivity index (χ4n) is 3.53. The van der Waals surface area contributed by atoms with Gasteiger partial charge in [-0.3, -0.25) is 0 Å². The van der Waals surface area contributed by atoms with Crippen LogP contribution in [0, 0.1) is 5.92 Å². The lowest BCUT2D eigenvalue weighted by Gasteiger charge is -2.38. The van der Waals surface area contributed by atoms with E-state index < -0.39 is 11.7 Å². The molecule has 1 aromatic rings. The molecule has 0 spiro atoms. The second-order valence-corrected chi connectivity index (χ2v) is 5.77. The van der Waals surface area contributed by atoms with E-state index >= 15 is 0 Å². The van der Waals surface area contributed by atoms with E-state index in [1.165, 1.54) is 6.07 Å². The molecule has 2 saturated heterocycles. The summed E-state index contributed by atoms with van der Waals surface area (Å²) >= 11 is 0. The Bertz CT molecular complexity index is 441.